The van der Waals surface area contributed by atoms with Gasteiger partial charge in [-0.15, -0.1) is 0 Å². The van der Waals surface area contributed by atoms with Crippen LogP contribution in [0.5, 0.6) is 0 Å². The second kappa shape index (κ2) is 9.88. The lowest BCUT2D eigenvalue weighted by molar-refractivity contribution is -0.140. The van der Waals surface area contributed by atoms with Crippen LogP contribution in [0.25, 0.3) is 0 Å². The van der Waals surface area contributed by atoms with Crippen LogP contribution < -0.4 is 5.32 Å². The first-order valence-corrected chi connectivity index (χ1v) is 13.3. The molecule has 0 bridgehead atoms. The van der Waals surface area contributed by atoms with Crippen molar-refractivity contribution < 1.29 is 23.9 Å². The average molecular weight is 498 g/mol. The van der Waals surface area contributed by atoms with Crippen molar-refractivity contribution in [2.24, 2.45) is 5.41 Å². The van der Waals surface area contributed by atoms with Gasteiger partial charge in [0.05, 0.1) is 6.54 Å². The lowest BCUT2D eigenvalue weighted by Gasteiger charge is -2.35. The zero-order valence-corrected chi connectivity index (χ0v) is 21.9. The Bertz CT molecular complexity index is 991. The van der Waals surface area contributed by atoms with Crippen LogP contribution in [0.4, 0.5) is 0 Å². The van der Waals surface area contributed by atoms with Gasteiger partial charge in [0.25, 0.3) is 5.91 Å². The highest BCUT2D eigenvalue weighted by atomic mass is 16.5. The monoisotopic (exact) mass is 497 g/mol. The van der Waals surface area contributed by atoms with Crippen LogP contribution in [0.3, 0.4) is 0 Å². The van der Waals surface area contributed by atoms with Crippen molar-refractivity contribution in [3.8, 4) is 0 Å². The number of ketones is 1. The van der Waals surface area contributed by atoms with Crippen LogP contribution in [-0.4, -0.2) is 91.1 Å². The first-order valence-electron chi connectivity index (χ1n) is 13.3. The molecule has 4 fully saturated rings. The summed E-state index contributed by atoms with van der Waals surface area (Å²) < 4.78 is 11.1. The van der Waals surface area contributed by atoms with Crippen molar-refractivity contribution in [1.82, 2.24) is 15.1 Å². The summed E-state index contributed by atoms with van der Waals surface area (Å²) in [5.41, 5.74) is 1.26. The van der Waals surface area contributed by atoms with Crippen LogP contribution >= 0.6 is 0 Å². The summed E-state index contributed by atoms with van der Waals surface area (Å²) in [7, 11) is 1.56. The van der Waals surface area contributed by atoms with E-state index in [0.29, 0.717) is 11.5 Å². The van der Waals surface area contributed by atoms with Gasteiger partial charge in [-0.3, -0.25) is 14.4 Å². The molecule has 1 N–H and O–H groups in total. The first-order chi connectivity index (χ1) is 17.2. The molecule has 1 unspecified atom stereocenters. The number of Topliss-reactive ketones (excluding diaryl/α,β-unsaturated/α-hetero) is 1. The fourth-order valence-corrected chi connectivity index (χ4v) is 6.02. The summed E-state index contributed by atoms with van der Waals surface area (Å²) in [5.74, 6) is -0.149. The lowest BCUT2D eigenvalue weighted by Crippen LogP contribution is -2.57. The molecule has 5 rings (SSSR count). The highest BCUT2D eigenvalue weighted by molar-refractivity contribution is 5.99. The fraction of sp³-hybridized carbons (Fsp3) is 0.679. The van der Waals surface area contributed by atoms with Gasteiger partial charge >= 0.3 is 0 Å². The van der Waals surface area contributed by atoms with Gasteiger partial charge in [-0.2, -0.15) is 0 Å². The Morgan fingerprint density at radius 3 is 2.33 bits per heavy atom. The number of ether oxygens (including phenoxy) is 2. The number of likely N-dealkylation sites (tertiary alicyclic amines) is 2. The highest BCUT2D eigenvalue weighted by Gasteiger charge is 2.54. The Labute approximate surface area is 213 Å². The number of nitrogens with one attached hydrogen (secondary N) is 1. The van der Waals surface area contributed by atoms with E-state index in [-0.39, 0.29) is 36.9 Å². The number of fused-ring (bicyclic) bond motifs is 1. The van der Waals surface area contributed by atoms with Crippen LogP contribution in [0.15, 0.2) is 24.3 Å². The third-order valence-corrected chi connectivity index (χ3v) is 8.35. The van der Waals surface area contributed by atoms with Gasteiger partial charge in [-0.25, -0.2) is 0 Å². The quantitative estimate of drug-likeness (QED) is 0.649. The molecule has 3 saturated heterocycles. The minimum atomic E-state index is -0.791. The lowest BCUT2D eigenvalue weighted by atomic mass is 9.85. The summed E-state index contributed by atoms with van der Waals surface area (Å²) in [5, 5.41) is 2.97. The van der Waals surface area contributed by atoms with Gasteiger partial charge in [0.2, 0.25) is 5.91 Å². The van der Waals surface area contributed by atoms with Crippen molar-refractivity contribution in [3.05, 3.63) is 35.4 Å². The molecule has 36 heavy (non-hydrogen) atoms. The maximum absolute atomic E-state index is 13.7. The number of hydrogen-bond acceptors (Lipinski definition) is 6. The Morgan fingerprint density at radius 1 is 1.08 bits per heavy atom. The van der Waals surface area contributed by atoms with Crippen molar-refractivity contribution in [1.29, 1.82) is 0 Å². The summed E-state index contributed by atoms with van der Waals surface area (Å²) in [6.07, 6.45) is 4.21. The van der Waals surface area contributed by atoms with E-state index in [9.17, 15) is 14.4 Å². The summed E-state index contributed by atoms with van der Waals surface area (Å²) in [4.78, 5) is 43.6. The molecule has 0 radical (unpaired) electrons. The van der Waals surface area contributed by atoms with E-state index in [1.165, 1.54) is 18.4 Å². The molecule has 4 aliphatic rings. The van der Waals surface area contributed by atoms with Crippen molar-refractivity contribution in [3.63, 3.8) is 0 Å². The van der Waals surface area contributed by atoms with E-state index in [0.717, 1.165) is 32.0 Å². The van der Waals surface area contributed by atoms with E-state index in [4.69, 9.17) is 9.47 Å². The van der Waals surface area contributed by atoms with Gasteiger partial charge in [-0.05, 0) is 67.8 Å². The predicted octanol–water partition coefficient (Wildman–Crippen LogP) is 2.37. The summed E-state index contributed by atoms with van der Waals surface area (Å²) >= 11 is 0. The molecule has 2 amide bonds. The standard InChI is InChI=1S/C28H39N3O5/c1-28(2,3)25(27(34)31-15-22(35-4)24-23(31)21(32)16-36-24)29-26(33)19-7-5-17(6-8-19)18-11-13-30(14-12-18)20-9-10-20/h5-8,18,20,22-25H,9-16H2,1-4H3,(H,29,33)/t22-,23-,24-,25?/m1/s1. The van der Waals surface area contributed by atoms with E-state index in [2.05, 4.69) is 22.3 Å². The number of methoxy groups -OCH3 is 1. The third kappa shape index (κ3) is 4.95. The van der Waals surface area contributed by atoms with Crippen LogP contribution in [0, 0.1) is 5.41 Å². The van der Waals surface area contributed by atoms with Gasteiger partial charge in [0.15, 0.2) is 5.78 Å². The number of rotatable bonds is 6. The number of carbonyl (C=O) groups is 3. The van der Waals surface area contributed by atoms with Gasteiger partial charge < -0.3 is 24.6 Å². The Hall–Kier alpha value is -2.29. The highest BCUT2D eigenvalue weighted by Crippen LogP contribution is 2.35. The Kier molecular flexibility index (Phi) is 6.96. The van der Waals surface area contributed by atoms with E-state index >= 15 is 0 Å². The SMILES string of the molecule is CO[C@@H]1CN(C(=O)C(NC(=O)c2ccc(C3CCN(C4CC4)CC3)cc2)C(C)(C)C)[C@@H]2C(=O)CO[C@@H]21. The number of nitrogens with zero attached hydrogens (tertiary/aromatic N) is 2. The molecule has 196 valence electrons. The topological polar surface area (TPSA) is 88.2 Å². The van der Waals surface area contributed by atoms with Crippen molar-refractivity contribution in [2.75, 3.05) is 33.4 Å². The van der Waals surface area contributed by atoms with Crippen LogP contribution in [0.1, 0.15) is 68.3 Å². The molecule has 0 spiro atoms. The fourth-order valence-electron chi connectivity index (χ4n) is 6.02. The van der Waals surface area contributed by atoms with Gasteiger partial charge in [-0.1, -0.05) is 32.9 Å². The number of carbonyl (C=O) groups excluding carboxylic acids is 3. The van der Waals surface area contributed by atoms with Crippen molar-refractivity contribution in [2.45, 2.75) is 82.7 Å². The maximum atomic E-state index is 13.7. The molecule has 1 saturated carbocycles. The second-order valence-electron chi connectivity index (χ2n) is 11.9. The summed E-state index contributed by atoms with van der Waals surface area (Å²) in [6.45, 7) is 8.32. The van der Waals surface area contributed by atoms with Crippen LogP contribution in [0.2, 0.25) is 0 Å². The first kappa shape index (κ1) is 25.4. The number of piperidine rings is 1. The van der Waals surface area contributed by atoms with E-state index in [1.54, 1.807) is 12.0 Å². The largest absolute Gasteiger partial charge is 0.377 e. The zero-order chi connectivity index (χ0) is 25.6. The minimum Gasteiger partial charge on any atom is -0.377 e. The summed E-state index contributed by atoms with van der Waals surface area (Å²) in [6, 6.07) is 7.22. The number of hydrogen-bond donors (Lipinski definition) is 1. The average Bonchev–Trinajstić information content (AvgIpc) is 3.55. The number of amides is 2. The molecule has 1 aromatic carbocycles. The number of benzene rings is 1. The third-order valence-electron chi connectivity index (χ3n) is 8.35. The van der Waals surface area contributed by atoms with Gasteiger partial charge in [0, 0.05) is 18.7 Å². The molecule has 3 heterocycles. The molecule has 1 aromatic rings. The molecule has 3 aliphatic heterocycles. The molecule has 0 aromatic heterocycles. The molecule has 8 heteroatoms. The Morgan fingerprint density at radius 2 is 1.75 bits per heavy atom. The normalized spacial score (nSPS) is 28.3. The van der Waals surface area contributed by atoms with E-state index < -0.39 is 23.6 Å². The minimum absolute atomic E-state index is 0.0164. The molecule has 4 atom stereocenters. The molecule has 1 aliphatic carbocycles. The van der Waals surface area contributed by atoms with Crippen molar-refractivity contribution >= 4 is 17.6 Å². The smallest absolute Gasteiger partial charge is 0.251 e. The molecular weight excluding hydrogens is 458 g/mol. The van der Waals surface area contributed by atoms with E-state index in [1.807, 2.05) is 32.9 Å². The van der Waals surface area contributed by atoms with Gasteiger partial charge in [0.1, 0.15) is 30.9 Å². The van der Waals surface area contributed by atoms with Crippen LogP contribution in [-0.2, 0) is 19.1 Å². The maximum Gasteiger partial charge on any atom is 0.251 e. The Balaban J connectivity index is 1.25. The zero-order valence-electron chi connectivity index (χ0n) is 21.9. The predicted molar refractivity (Wildman–Crippen MR) is 135 cm³/mol. The molecular formula is C28H39N3O5. The second-order valence-corrected chi connectivity index (χ2v) is 11.9. The molecule has 8 nitrogen and oxygen atoms in total.